The minimum absolute atomic E-state index is 0.135. The molecule has 2 N–H and O–H groups in total. The van der Waals surface area contributed by atoms with Gasteiger partial charge in [0.05, 0.1) is 5.69 Å². The lowest BCUT2D eigenvalue weighted by atomic mass is 10.1. The van der Waals surface area contributed by atoms with Crippen molar-refractivity contribution in [2.45, 2.75) is 13.3 Å². The van der Waals surface area contributed by atoms with Crippen molar-refractivity contribution in [3.8, 4) is 17.0 Å². The second-order valence-corrected chi connectivity index (χ2v) is 3.75. The van der Waals surface area contributed by atoms with Gasteiger partial charge in [0.25, 0.3) is 0 Å². The molecule has 92 valence electrons. The van der Waals surface area contributed by atoms with E-state index in [4.69, 9.17) is 5.11 Å². The fourth-order valence-corrected chi connectivity index (χ4v) is 1.60. The van der Waals surface area contributed by atoms with Gasteiger partial charge in [-0.25, -0.2) is 14.8 Å². The van der Waals surface area contributed by atoms with E-state index in [1.807, 2.05) is 6.92 Å². The Labute approximate surface area is 104 Å². The predicted molar refractivity (Wildman–Crippen MR) is 65.5 cm³/mol. The van der Waals surface area contributed by atoms with E-state index >= 15 is 0 Å². The summed E-state index contributed by atoms with van der Waals surface area (Å²) in [6.07, 6.45) is 2.34. The fraction of sp³-hybridized carbons (Fsp3) is 0.154. The Morgan fingerprint density at radius 2 is 2.11 bits per heavy atom. The zero-order chi connectivity index (χ0) is 13.1. The first-order chi connectivity index (χ1) is 8.61. The Bertz CT molecular complexity index is 597. The summed E-state index contributed by atoms with van der Waals surface area (Å²) in [6, 6.07) is 6.09. The Hall–Kier alpha value is -2.43. The van der Waals surface area contributed by atoms with Crippen LogP contribution in [0.15, 0.2) is 30.5 Å². The number of aromatic hydroxyl groups is 1. The summed E-state index contributed by atoms with van der Waals surface area (Å²) in [6.45, 7) is 1.94. The third-order valence-electron chi connectivity index (χ3n) is 2.54. The largest absolute Gasteiger partial charge is 0.507 e. The van der Waals surface area contributed by atoms with Crippen LogP contribution in [0.25, 0.3) is 11.3 Å². The van der Waals surface area contributed by atoms with Crippen molar-refractivity contribution < 1.29 is 15.0 Å². The molecular formula is C13H12N2O3. The molecule has 0 amide bonds. The molecule has 0 radical (unpaired) electrons. The van der Waals surface area contributed by atoms with Crippen molar-refractivity contribution in [2.24, 2.45) is 0 Å². The third-order valence-corrected chi connectivity index (χ3v) is 2.54. The van der Waals surface area contributed by atoms with E-state index in [0.717, 1.165) is 0 Å². The van der Waals surface area contributed by atoms with Gasteiger partial charge in [-0.3, -0.25) is 0 Å². The molecule has 1 heterocycles. The summed E-state index contributed by atoms with van der Waals surface area (Å²) >= 11 is 0. The van der Waals surface area contributed by atoms with Crippen LogP contribution >= 0.6 is 0 Å². The Morgan fingerprint density at radius 3 is 2.78 bits per heavy atom. The van der Waals surface area contributed by atoms with Crippen LogP contribution in [-0.4, -0.2) is 26.2 Å². The second-order valence-electron chi connectivity index (χ2n) is 3.75. The molecule has 0 saturated heterocycles. The number of carboxylic acids is 1. The maximum atomic E-state index is 10.9. The average molecular weight is 244 g/mol. The van der Waals surface area contributed by atoms with Crippen LogP contribution in [-0.2, 0) is 6.42 Å². The molecule has 0 bridgehead atoms. The zero-order valence-electron chi connectivity index (χ0n) is 9.79. The highest BCUT2D eigenvalue weighted by atomic mass is 16.4. The van der Waals surface area contributed by atoms with Crippen LogP contribution in [0.3, 0.4) is 0 Å². The third kappa shape index (κ3) is 2.29. The number of aromatic nitrogens is 2. The monoisotopic (exact) mass is 244 g/mol. The molecule has 5 heteroatoms. The van der Waals surface area contributed by atoms with Gasteiger partial charge in [-0.2, -0.15) is 0 Å². The standard InChI is InChI=1S/C13H12N2O3/c1-2-12-14-6-5-10(15-12)8-3-4-11(16)9(7-8)13(17)18/h3-7,16H,2H2,1H3,(H,17,18). The summed E-state index contributed by atoms with van der Waals surface area (Å²) in [5, 5.41) is 18.4. The molecule has 0 aliphatic heterocycles. The molecule has 1 aromatic heterocycles. The highest BCUT2D eigenvalue weighted by Gasteiger charge is 2.11. The van der Waals surface area contributed by atoms with Gasteiger partial charge in [0.15, 0.2) is 0 Å². The van der Waals surface area contributed by atoms with Gasteiger partial charge in [-0.15, -0.1) is 0 Å². The highest BCUT2D eigenvalue weighted by molar-refractivity contribution is 5.92. The Morgan fingerprint density at radius 1 is 1.33 bits per heavy atom. The molecule has 2 rings (SSSR count). The normalized spacial score (nSPS) is 10.3. The van der Waals surface area contributed by atoms with Crippen LogP contribution in [0.1, 0.15) is 23.1 Å². The van der Waals surface area contributed by atoms with Crippen LogP contribution in [0, 0.1) is 0 Å². The lowest BCUT2D eigenvalue weighted by Gasteiger charge is -2.05. The smallest absolute Gasteiger partial charge is 0.339 e. The number of phenols is 1. The van der Waals surface area contributed by atoms with E-state index in [1.165, 1.54) is 12.1 Å². The maximum absolute atomic E-state index is 10.9. The zero-order valence-corrected chi connectivity index (χ0v) is 9.79. The molecule has 1 aromatic carbocycles. The first kappa shape index (κ1) is 12.0. The lowest BCUT2D eigenvalue weighted by Crippen LogP contribution is -1.98. The molecule has 0 unspecified atom stereocenters. The summed E-state index contributed by atoms with van der Waals surface area (Å²) < 4.78 is 0. The molecular weight excluding hydrogens is 232 g/mol. The van der Waals surface area contributed by atoms with E-state index in [1.54, 1.807) is 18.3 Å². The first-order valence-corrected chi connectivity index (χ1v) is 5.50. The van der Waals surface area contributed by atoms with Gasteiger partial charge in [0.2, 0.25) is 0 Å². The van der Waals surface area contributed by atoms with Crippen molar-refractivity contribution in [3.63, 3.8) is 0 Å². The molecule has 0 saturated carbocycles. The Balaban J connectivity index is 2.50. The molecule has 0 aliphatic rings. The van der Waals surface area contributed by atoms with Gasteiger partial charge < -0.3 is 10.2 Å². The van der Waals surface area contributed by atoms with E-state index in [0.29, 0.717) is 23.5 Å². The number of nitrogens with zero attached hydrogens (tertiary/aromatic N) is 2. The SMILES string of the molecule is CCc1nccc(-c2ccc(O)c(C(=O)O)c2)n1. The molecule has 2 aromatic rings. The highest BCUT2D eigenvalue weighted by Crippen LogP contribution is 2.24. The van der Waals surface area contributed by atoms with E-state index in [2.05, 4.69) is 9.97 Å². The maximum Gasteiger partial charge on any atom is 0.339 e. The van der Waals surface area contributed by atoms with E-state index in [-0.39, 0.29) is 11.3 Å². The summed E-state index contributed by atoms with van der Waals surface area (Å²) in [4.78, 5) is 19.3. The van der Waals surface area contributed by atoms with Crippen molar-refractivity contribution >= 4 is 5.97 Å². The molecule has 0 fully saturated rings. The lowest BCUT2D eigenvalue weighted by molar-refractivity contribution is 0.0694. The number of rotatable bonds is 3. The van der Waals surface area contributed by atoms with Crippen LogP contribution in [0.2, 0.25) is 0 Å². The molecule has 0 aliphatic carbocycles. The molecule has 0 atom stereocenters. The first-order valence-electron chi connectivity index (χ1n) is 5.50. The fourth-order valence-electron chi connectivity index (χ4n) is 1.60. The number of aromatic carboxylic acids is 1. The van der Waals surface area contributed by atoms with Crippen LogP contribution in [0.5, 0.6) is 5.75 Å². The number of aryl methyl sites for hydroxylation is 1. The number of hydrogen-bond donors (Lipinski definition) is 2. The van der Waals surface area contributed by atoms with Gasteiger partial charge in [-0.1, -0.05) is 6.92 Å². The summed E-state index contributed by atoms with van der Waals surface area (Å²) in [7, 11) is 0. The minimum atomic E-state index is -1.17. The molecule has 0 spiro atoms. The van der Waals surface area contributed by atoms with Crippen molar-refractivity contribution in [1.82, 2.24) is 9.97 Å². The van der Waals surface area contributed by atoms with Gasteiger partial charge >= 0.3 is 5.97 Å². The number of benzene rings is 1. The topological polar surface area (TPSA) is 83.3 Å². The summed E-state index contributed by atoms with van der Waals surface area (Å²) in [5.74, 6) is -0.729. The van der Waals surface area contributed by atoms with Gasteiger partial charge in [-0.05, 0) is 24.3 Å². The van der Waals surface area contributed by atoms with Crippen LogP contribution in [0.4, 0.5) is 0 Å². The van der Waals surface area contributed by atoms with Crippen molar-refractivity contribution in [1.29, 1.82) is 0 Å². The van der Waals surface area contributed by atoms with E-state index < -0.39 is 5.97 Å². The number of carboxylic acid groups (broad SMARTS) is 1. The Kier molecular flexibility index (Phi) is 3.23. The number of hydrogen-bond acceptors (Lipinski definition) is 4. The predicted octanol–water partition coefficient (Wildman–Crippen LogP) is 2.11. The van der Waals surface area contributed by atoms with Crippen molar-refractivity contribution in [2.75, 3.05) is 0 Å². The number of carbonyl (C=O) groups is 1. The quantitative estimate of drug-likeness (QED) is 0.863. The minimum Gasteiger partial charge on any atom is -0.507 e. The molecule has 18 heavy (non-hydrogen) atoms. The van der Waals surface area contributed by atoms with Crippen molar-refractivity contribution in [3.05, 3.63) is 41.9 Å². The van der Waals surface area contributed by atoms with Gasteiger partial charge in [0, 0.05) is 18.2 Å². The van der Waals surface area contributed by atoms with Crippen LogP contribution < -0.4 is 0 Å². The van der Waals surface area contributed by atoms with E-state index in [9.17, 15) is 9.90 Å². The summed E-state index contributed by atoms with van der Waals surface area (Å²) in [5.41, 5.74) is 1.15. The average Bonchev–Trinajstić information content (AvgIpc) is 2.39. The molecule has 5 nitrogen and oxygen atoms in total. The van der Waals surface area contributed by atoms with Gasteiger partial charge in [0.1, 0.15) is 17.1 Å². The second kappa shape index (κ2) is 4.83.